The second-order valence-electron chi connectivity index (χ2n) is 3.83. The number of carbonyl (C=O) groups is 1. The first-order valence-electron chi connectivity index (χ1n) is 5.30. The van der Waals surface area contributed by atoms with Gasteiger partial charge in [0.25, 0.3) is 0 Å². The third kappa shape index (κ3) is 1.66. The van der Waals surface area contributed by atoms with Gasteiger partial charge < -0.3 is 14.5 Å². The standard InChI is InChI=1S/C12H14N2O2/c1-3-4-11-13-9-7-8(12(15)16)5-6-10(9)14(11)2/h5-7H,3-4H2,1-2H3,(H,15,16)/p-1. The summed E-state index contributed by atoms with van der Waals surface area (Å²) < 4.78 is 2.00. The van der Waals surface area contributed by atoms with Crippen LogP contribution in [-0.4, -0.2) is 15.5 Å². The number of hydrogen-bond donors (Lipinski definition) is 0. The van der Waals surface area contributed by atoms with E-state index in [2.05, 4.69) is 11.9 Å². The molecule has 2 aromatic rings. The Bertz CT molecular complexity index is 543. The second kappa shape index (κ2) is 3.96. The lowest BCUT2D eigenvalue weighted by Gasteiger charge is -2.02. The summed E-state index contributed by atoms with van der Waals surface area (Å²) in [5.41, 5.74) is 1.84. The molecule has 0 N–H and O–H groups in total. The first-order chi connectivity index (χ1) is 7.63. The summed E-state index contributed by atoms with van der Waals surface area (Å²) >= 11 is 0. The maximum absolute atomic E-state index is 10.7. The SMILES string of the molecule is CCCc1nc2cc(C(=O)[O-])ccc2n1C. The van der Waals surface area contributed by atoms with Crippen molar-refractivity contribution >= 4 is 17.0 Å². The van der Waals surface area contributed by atoms with E-state index in [-0.39, 0.29) is 5.56 Å². The molecule has 0 unspecified atom stereocenters. The lowest BCUT2D eigenvalue weighted by atomic mass is 10.2. The molecule has 4 heteroatoms. The van der Waals surface area contributed by atoms with Gasteiger partial charge in [-0.2, -0.15) is 0 Å². The normalized spacial score (nSPS) is 10.9. The van der Waals surface area contributed by atoms with Crippen LogP contribution in [0.5, 0.6) is 0 Å². The Hall–Kier alpha value is -1.84. The van der Waals surface area contributed by atoms with Crippen LogP contribution in [0.25, 0.3) is 11.0 Å². The highest BCUT2D eigenvalue weighted by Crippen LogP contribution is 2.17. The summed E-state index contributed by atoms with van der Waals surface area (Å²) in [4.78, 5) is 15.1. The van der Waals surface area contributed by atoms with Gasteiger partial charge in [-0.25, -0.2) is 4.98 Å². The van der Waals surface area contributed by atoms with E-state index in [0.717, 1.165) is 24.2 Å². The van der Waals surface area contributed by atoms with Crippen LogP contribution in [-0.2, 0) is 13.5 Å². The summed E-state index contributed by atoms with van der Waals surface area (Å²) in [7, 11) is 1.94. The number of carboxylic acid groups (broad SMARTS) is 1. The fraction of sp³-hybridized carbons (Fsp3) is 0.333. The summed E-state index contributed by atoms with van der Waals surface area (Å²) in [6, 6.07) is 4.88. The average molecular weight is 217 g/mol. The van der Waals surface area contributed by atoms with Gasteiger partial charge in [0.1, 0.15) is 5.82 Å². The first-order valence-corrected chi connectivity index (χ1v) is 5.30. The van der Waals surface area contributed by atoms with Gasteiger partial charge in [0.05, 0.1) is 17.0 Å². The summed E-state index contributed by atoms with van der Waals surface area (Å²) in [6.07, 6.45) is 1.91. The summed E-state index contributed by atoms with van der Waals surface area (Å²) in [5.74, 6) is -0.183. The lowest BCUT2D eigenvalue weighted by Crippen LogP contribution is -2.21. The molecule has 0 radical (unpaired) electrons. The highest BCUT2D eigenvalue weighted by atomic mass is 16.4. The van der Waals surface area contributed by atoms with Gasteiger partial charge in [-0.3, -0.25) is 0 Å². The Balaban J connectivity index is 2.58. The number of nitrogens with zero attached hydrogens (tertiary/aromatic N) is 2. The third-order valence-corrected chi connectivity index (χ3v) is 2.68. The Kier molecular flexibility index (Phi) is 2.64. The molecule has 1 aromatic carbocycles. The number of carboxylic acids is 1. The molecule has 0 saturated heterocycles. The highest BCUT2D eigenvalue weighted by molar-refractivity contribution is 5.91. The minimum atomic E-state index is -1.16. The van der Waals surface area contributed by atoms with Crippen LogP contribution in [0, 0.1) is 0 Å². The van der Waals surface area contributed by atoms with Crippen LogP contribution in [0.4, 0.5) is 0 Å². The zero-order valence-corrected chi connectivity index (χ0v) is 9.36. The fourth-order valence-electron chi connectivity index (χ4n) is 1.82. The van der Waals surface area contributed by atoms with Crippen LogP contribution < -0.4 is 5.11 Å². The van der Waals surface area contributed by atoms with E-state index in [4.69, 9.17) is 0 Å². The number of rotatable bonds is 3. The quantitative estimate of drug-likeness (QED) is 0.767. The molecule has 0 amide bonds. The molecule has 0 saturated carbocycles. The summed E-state index contributed by atoms with van der Waals surface area (Å²) in [6.45, 7) is 2.09. The number of aromatic nitrogens is 2. The number of benzene rings is 1. The molecule has 0 bridgehead atoms. The molecular formula is C12H13N2O2-. The number of hydrogen-bond acceptors (Lipinski definition) is 3. The van der Waals surface area contributed by atoms with Crippen molar-refractivity contribution in [3.8, 4) is 0 Å². The van der Waals surface area contributed by atoms with Gasteiger partial charge in [0.15, 0.2) is 0 Å². The van der Waals surface area contributed by atoms with E-state index in [1.807, 2.05) is 11.6 Å². The van der Waals surface area contributed by atoms with Gasteiger partial charge >= 0.3 is 0 Å². The van der Waals surface area contributed by atoms with Crippen molar-refractivity contribution < 1.29 is 9.90 Å². The van der Waals surface area contributed by atoms with Crippen molar-refractivity contribution in [2.75, 3.05) is 0 Å². The van der Waals surface area contributed by atoms with Crippen LogP contribution >= 0.6 is 0 Å². The zero-order chi connectivity index (χ0) is 11.7. The Labute approximate surface area is 93.5 Å². The molecule has 0 aliphatic carbocycles. The minimum absolute atomic E-state index is 0.175. The van der Waals surface area contributed by atoms with Crippen LogP contribution in [0.15, 0.2) is 18.2 Å². The molecule has 2 rings (SSSR count). The van der Waals surface area contributed by atoms with E-state index in [0.29, 0.717) is 5.52 Å². The van der Waals surface area contributed by atoms with Crippen LogP contribution in [0.1, 0.15) is 29.5 Å². The van der Waals surface area contributed by atoms with Gasteiger partial charge in [-0.15, -0.1) is 0 Å². The van der Waals surface area contributed by atoms with Crippen molar-refractivity contribution in [3.05, 3.63) is 29.6 Å². The molecule has 16 heavy (non-hydrogen) atoms. The van der Waals surface area contributed by atoms with Gasteiger partial charge in [-0.05, 0) is 24.1 Å². The van der Waals surface area contributed by atoms with Crippen molar-refractivity contribution in [3.63, 3.8) is 0 Å². The Morgan fingerprint density at radius 2 is 2.25 bits per heavy atom. The van der Waals surface area contributed by atoms with Crippen LogP contribution in [0.3, 0.4) is 0 Å². The molecule has 0 aliphatic heterocycles. The average Bonchev–Trinajstić information content (AvgIpc) is 2.56. The Morgan fingerprint density at radius 3 is 2.88 bits per heavy atom. The number of carbonyl (C=O) groups excluding carboxylic acids is 1. The van der Waals surface area contributed by atoms with Gasteiger partial charge in [0.2, 0.25) is 0 Å². The van der Waals surface area contributed by atoms with Crippen molar-refractivity contribution in [1.29, 1.82) is 0 Å². The first kappa shape index (κ1) is 10.7. The van der Waals surface area contributed by atoms with Crippen molar-refractivity contribution in [2.24, 2.45) is 7.05 Å². The molecular weight excluding hydrogens is 204 g/mol. The smallest absolute Gasteiger partial charge is 0.109 e. The van der Waals surface area contributed by atoms with E-state index < -0.39 is 5.97 Å². The molecule has 84 valence electrons. The van der Waals surface area contributed by atoms with Crippen molar-refractivity contribution in [1.82, 2.24) is 9.55 Å². The zero-order valence-electron chi connectivity index (χ0n) is 9.36. The third-order valence-electron chi connectivity index (χ3n) is 2.68. The maximum atomic E-state index is 10.7. The number of fused-ring (bicyclic) bond motifs is 1. The van der Waals surface area contributed by atoms with Gasteiger partial charge in [-0.1, -0.05) is 13.0 Å². The molecule has 1 heterocycles. The van der Waals surface area contributed by atoms with E-state index in [1.54, 1.807) is 18.2 Å². The summed E-state index contributed by atoms with van der Waals surface area (Å²) in [5, 5.41) is 10.7. The topological polar surface area (TPSA) is 57.9 Å². The van der Waals surface area contributed by atoms with E-state index in [1.165, 1.54) is 0 Å². The van der Waals surface area contributed by atoms with Crippen molar-refractivity contribution in [2.45, 2.75) is 19.8 Å². The molecule has 0 aliphatic rings. The molecule has 1 aromatic heterocycles. The number of imidazole rings is 1. The van der Waals surface area contributed by atoms with Gasteiger partial charge in [0, 0.05) is 13.5 Å². The largest absolute Gasteiger partial charge is 0.545 e. The lowest BCUT2D eigenvalue weighted by molar-refractivity contribution is -0.255. The minimum Gasteiger partial charge on any atom is -0.545 e. The molecule has 0 atom stereocenters. The fourth-order valence-corrected chi connectivity index (χ4v) is 1.82. The predicted molar refractivity (Wildman–Crippen MR) is 59.0 cm³/mol. The molecule has 0 fully saturated rings. The monoisotopic (exact) mass is 217 g/mol. The van der Waals surface area contributed by atoms with E-state index in [9.17, 15) is 9.90 Å². The predicted octanol–water partition coefficient (Wildman–Crippen LogP) is 0.889. The maximum Gasteiger partial charge on any atom is 0.109 e. The second-order valence-corrected chi connectivity index (χ2v) is 3.83. The van der Waals surface area contributed by atoms with E-state index >= 15 is 0 Å². The molecule has 0 spiro atoms. The number of aryl methyl sites for hydroxylation is 2. The molecule has 4 nitrogen and oxygen atoms in total. The Morgan fingerprint density at radius 1 is 1.50 bits per heavy atom. The van der Waals surface area contributed by atoms with Crippen LogP contribution in [0.2, 0.25) is 0 Å². The number of aromatic carboxylic acids is 1. The highest BCUT2D eigenvalue weighted by Gasteiger charge is 2.07.